The number of rotatable bonds is 6. The van der Waals surface area contributed by atoms with Crippen LogP contribution in [0.25, 0.3) is 0 Å². The summed E-state index contributed by atoms with van der Waals surface area (Å²) in [6.07, 6.45) is 1.45. The molecule has 0 bridgehead atoms. The van der Waals surface area contributed by atoms with E-state index in [-0.39, 0.29) is 17.5 Å². The number of ether oxygens (including phenoxy) is 1. The molecule has 0 aliphatic rings. The lowest BCUT2D eigenvalue weighted by Gasteiger charge is -2.28. The Morgan fingerprint density at radius 3 is 2.67 bits per heavy atom. The Bertz CT molecular complexity index is 393. The Balaban J connectivity index is 2.77. The number of aryl methyl sites for hydroxylation is 1. The summed E-state index contributed by atoms with van der Waals surface area (Å²) in [6.45, 7) is 6.00. The third-order valence-electron chi connectivity index (χ3n) is 3.30. The van der Waals surface area contributed by atoms with Crippen molar-refractivity contribution in [1.29, 1.82) is 0 Å². The molecule has 0 heterocycles. The summed E-state index contributed by atoms with van der Waals surface area (Å²) < 4.78 is 18.6. The fourth-order valence-corrected chi connectivity index (χ4v) is 1.99. The summed E-state index contributed by atoms with van der Waals surface area (Å²) in [5.74, 6) is 5.36. The Labute approximate surface area is 108 Å². The van der Waals surface area contributed by atoms with Crippen molar-refractivity contribution in [3.05, 3.63) is 35.1 Å². The fourth-order valence-electron chi connectivity index (χ4n) is 1.99. The number of nitrogens with one attached hydrogen (secondary N) is 1. The first-order chi connectivity index (χ1) is 8.38. The topological polar surface area (TPSA) is 47.3 Å². The smallest absolute Gasteiger partial charge is 0.123 e. The van der Waals surface area contributed by atoms with Crippen LogP contribution >= 0.6 is 0 Å². The summed E-state index contributed by atoms with van der Waals surface area (Å²) in [6, 6.07) is 4.89. The molecule has 0 amide bonds. The van der Waals surface area contributed by atoms with Crippen LogP contribution < -0.4 is 11.3 Å². The van der Waals surface area contributed by atoms with Gasteiger partial charge in [-0.1, -0.05) is 6.07 Å². The van der Waals surface area contributed by atoms with E-state index in [4.69, 9.17) is 10.6 Å². The van der Waals surface area contributed by atoms with Crippen molar-refractivity contribution in [1.82, 2.24) is 5.43 Å². The molecule has 0 radical (unpaired) electrons. The van der Waals surface area contributed by atoms with Crippen LogP contribution in [-0.2, 0) is 11.2 Å². The van der Waals surface area contributed by atoms with Crippen molar-refractivity contribution in [2.24, 2.45) is 5.84 Å². The number of halogens is 1. The maximum Gasteiger partial charge on any atom is 0.123 e. The maximum atomic E-state index is 13.2. The van der Waals surface area contributed by atoms with E-state index in [0.717, 1.165) is 17.5 Å². The van der Waals surface area contributed by atoms with Crippen molar-refractivity contribution in [2.45, 2.75) is 45.3 Å². The minimum Gasteiger partial charge on any atom is -0.379 e. The van der Waals surface area contributed by atoms with Crippen molar-refractivity contribution in [3.8, 4) is 0 Å². The van der Waals surface area contributed by atoms with Gasteiger partial charge >= 0.3 is 0 Å². The van der Waals surface area contributed by atoms with Crippen LogP contribution in [0.1, 0.15) is 31.4 Å². The molecule has 102 valence electrons. The average molecular weight is 254 g/mol. The normalized spacial score (nSPS) is 13.7. The second kappa shape index (κ2) is 6.27. The van der Waals surface area contributed by atoms with Crippen LogP contribution in [0, 0.1) is 12.7 Å². The zero-order valence-electron chi connectivity index (χ0n) is 11.6. The average Bonchev–Trinajstić information content (AvgIpc) is 2.32. The van der Waals surface area contributed by atoms with E-state index in [1.165, 1.54) is 6.07 Å². The first kappa shape index (κ1) is 15.1. The molecule has 1 aromatic carbocycles. The molecule has 0 aliphatic carbocycles. The molecule has 1 aromatic rings. The van der Waals surface area contributed by atoms with Crippen LogP contribution in [0.3, 0.4) is 0 Å². The van der Waals surface area contributed by atoms with E-state index in [1.54, 1.807) is 19.2 Å². The Morgan fingerprint density at radius 1 is 1.44 bits per heavy atom. The van der Waals surface area contributed by atoms with E-state index >= 15 is 0 Å². The quantitative estimate of drug-likeness (QED) is 0.605. The van der Waals surface area contributed by atoms with Gasteiger partial charge in [-0.05, 0) is 56.9 Å². The molecule has 18 heavy (non-hydrogen) atoms. The predicted molar refractivity (Wildman–Crippen MR) is 71.7 cm³/mol. The minimum absolute atomic E-state index is 0.0560. The molecule has 3 nitrogen and oxygen atoms in total. The molecule has 1 rings (SSSR count). The van der Waals surface area contributed by atoms with E-state index < -0.39 is 0 Å². The lowest BCUT2D eigenvalue weighted by Crippen LogP contribution is -2.42. The standard InChI is InChI=1S/C14H23FN2O/c1-10-5-6-12(15)7-11(10)8-13(17-16)9-14(2,3)18-4/h5-7,13,17H,8-9,16H2,1-4H3. The second-order valence-electron chi connectivity index (χ2n) is 5.31. The highest BCUT2D eigenvalue weighted by atomic mass is 19.1. The first-order valence-corrected chi connectivity index (χ1v) is 6.14. The van der Waals surface area contributed by atoms with Crippen molar-refractivity contribution >= 4 is 0 Å². The number of benzene rings is 1. The fraction of sp³-hybridized carbons (Fsp3) is 0.571. The number of hydrogen-bond acceptors (Lipinski definition) is 3. The minimum atomic E-state index is -0.252. The third kappa shape index (κ3) is 4.37. The highest BCUT2D eigenvalue weighted by Gasteiger charge is 2.22. The zero-order chi connectivity index (χ0) is 13.8. The Morgan fingerprint density at radius 2 is 2.11 bits per heavy atom. The molecule has 0 saturated carbocycles. The van der Waals surface area contributed by atoms with Crippen LogP contribution in [0.15, 0.2) is 18.2 Å². The molecule has 0 aromatic heterocycles. The van der Waals surface area contributed by atoms with E-state index in [2.05, 4.69) is 5.43 Å². The van der Waals surface area contributed by atoms with Crippen molar-refractivity contribution < 1.29 is 9.13 Å². The lowest BCUT2D eigenvalue weighted by molar-refractivity contribution is 0.00709. The summed E-state index contributed by atoms with van der Waals surface area (Å²) >= 11 is 0. The van der Waals surface area contributed by atoms with Crippen LogP contribution in [-0.4, -0.2) is 18.8 Å². The van der Waals surface area contributed by atoms with Crippen LogP contribution in [0.4, 0.5) is 4.39 Å². The van der Waals surface area contributed by atoms with Crippen molar-refractivity contribution in [3.63, 3.8) is 0 Å². The summed E-state index contributed by atoms with van der Waals surface area (Å²) in [7, 11) is 1.68. The third-order valence-corrected chi connectivity index (χ3v) is 3.30. The van der Waals surface area contributed by atoms with Gasteiger partial charge < -0.3 is 4.74 Å². The van der Waals surface area contributed by atoms with Gasteiger partial charge in [-0.15, -0.1) is 0 Å². The number of hydrazine groups is 1. The van der Waals surface area contributed by atoms with Gasteiger partial charge in [0.15, 0.2) is 0 Å². The lowest BCUT2D eigenvalue weighted by atomic mass is 9.93. The van der Waals surface area contributed by atoms with Crippen LogP contribution in [0.5, 0.6) is 0 Å². The van der Waals surface area contributed by atoms with Gasteiger partial charge in [-0.2, -0.15) is 0 Å². The molecule has 4 heteroatoms. The molecule has 1 unspecified atom stereocenters. The molecule has 0 aliphatic heterocycles. The number of methoxy groups -OCH3 is 1. The number of nitrogens with two attached hydrogens (primary N) is 1. The summed E-state index contributed by atoms with van der Waals surface area (Å²) in [4.78, 5) is 0. The Kier molecular flexibility index (Phi) is 5.26. The monoisotopic (exact) mass is 254 g/mol. The predicted octanol–water partition coefficient (Wildman–Crippen LogP) is 2.32. The van der Waals surface area contributed by atoms with Gasteiger partial charge in [0.05, 0.1) is 5.60 Å². The zero-order valence-corrected chi connectivity index (χ0v) is 11.6. The van der Waals surface area contributed by atoms with Crippen molar-refractivity contribution in [2.75, 3.05) is 7.11 Å². The highest BCUT2D eigenvalue weighted by molar-refractivity contribution is 5.27. The second-order valence-corrected chi connectivity index (χ2v) is 5.31. The van der Waals surface area contributed by atoms with Gasteiger partial charge in [0, 0.05) is 13.2 Å². The van der Waals surface area contributed by atoms with Gasteiger partial charge in [-0.25, -0.2) is 4.39 Å². The number of hydrogen-bond donors (Lipinski definition) is 2. The molecule has 0 fully saturated rings. The van der Waals surface area contributed by atoms with Gasteiger partial charge in [0.1, 0.15) is 5.82 Å². The summed E-state index contributed by atoms with van der Waals surface area (Å²) in [5, 5.41) is 0. The van der Waals surface area contributed by atoms with Gasteiger partial charge in [0.2, 0.25) is 0 Å². The van der Waals surface area contributed by atoms with E-state index in [9.17, 15) is 4.39 Å². The summed E-state index contributed by atoms with van der Waals surface area (Å²) in [5.41, 5.74) is 4.59. The molecule has 0 saturated heterocycles. The van der Waals surface area contributed by atoms with Crippen LogP contribution in [0.2, 0.25) is 0 Å². The van der Waals surface area contributed by atoms with Gasteiger partial charge in [-0.3, -0.25) is 11.3 Å². The molecule has 1 atom stereocenters. The molecule has 3 N–H and O–H groups in total. The Hall–Kier alpha value is -0.970. The molecular weight excluding hydrogens is 231 g/mol. The molecule has 0 spiro atoms. The first-order valence-electron chi connectivity index (χ1n) is 6.14. The maximum absolute atomic E-state index is 13.2. The van der Waals surface area contributed by atoms with E-state index in [1.807, 2.05) is 20.8 Å². The SMILES string of the molecule is COC(C)(C)CC(Cc1cc(F)ccc1C)NN. The van der Waals surface area contributed by atoms with Gasteiger partial charge in [0.25, 0.3) is 0 Å². The van der Waals surface area contributed by atoms with E-state index in [0.29, 0.717) is 6.42 Å². The largest absolute Gasteiger partial charge is 0.379 e. The highest BCUT2D eigenvalue weighted by Crippen LogP contribution is 2.19. The molecular formula is C14H23FN2O.